The summed E-state index contributed by atoms with van der Waals surface area (Å²) in [4.78, 5) is 0. The Labute approximate surface area is 32.6 Å². The topological polar surface area (TPSA) is 47.7 Å². The van der Waals surface area contributed by atoms with Gasteiger partial charge in [-0.15, -0.1) is 0 Å². The molecular weight excluding hydrogens is 84.1 g/mol. The third-order valence-corrected chi connectivity index (χ3v) is 0. The summed E-state index contributed by atoms with van der Waals surface area (Å²) >= 11 is 0. The fourth-order valence-electron chi connectivity index (χ4n) is 0. The molecule has 0 rings (SSSR count). The van der Waals surface area contributed by atoms with E-state index in [4.69, 9.17) is 9.56 Å². The first-order valence-electron chi connectivity index (χ1n) is 1.22. The van der Waals surface area contributed by atoms with E-state index in [0.29, 0.717) is 0 Å². The van der Waals surface area contributed by atoms with Gasteiger partial charge in [-0.25, -0.2) is 0 Å². The third kappa shape index (κ3) is 6010. The SMILES string of the molecule is CS(C)(=N)=N. The van der Waals surface area contributed by atoms with Gasteiger partial charge in [-0.3, -0.25) is 9.56 Å². The highest BCUT2D eigenvalue weighted by atomic mass is 32.2. The number of hydrogen-bond acceptors (Lipinski definition) is 2. The molecule has 0 saturated heterocycles. The summed E-state index contributed by atoms with van der Waals surface area (Å²) in [5, 5.41) is 0. The highest BCUT2D eigenvalue weighted by molar-refractivity contribution is 7.92. The molecule has 2 nitrogen and oxygen atoms in total. The monoisotopic (exact) mass is 92.0 g/mol. The molecule has 0 aromatic heterocycles. The summed E-state index contributed by atoms with van der Waals surface area (Å²) in [6, 6.07) is 0. The first kappa shape index (κ1) is 4.95. The van der Waals surface area contributed by atoms with Gasteiger partial charge in [-0.2, -0.15) is 0 Å². The molecule has 0 atom stereocenters. The van der Waals surface area contributed by atoms with E-state index >= 15 is 0 Å². The van der Waals surface area contributed by atoms with Crippen molar-refractivity contribution in [2.75, 3.05) is 12.5 Å². The van der Waals surface area contributed by atoms with Gasteiger partial charge in [0.1, 0.15) is 0 Å². The first-order chi connectivity index (χ1) is 2.00. The summed E-state index contributed by atoms with van der Waals surface area (Å²) in [5.74, 6) is 0. The van der Waals surface area contributed by atoms with Gasteiger partial charge in [0.05, 0.1) is 0 Å². The van der Waals surface area contributed by atoms with Crippen LogP contribution in [-0.2, 0) is 9.62 Å². The lowest BCUT2D eigenvalue weighted by Gasteiger charge is -1.82. The van der Waals surface area contributed by atoms with Gasteiger partial charge in [-0.1, -0.05) is 9.62 Å². The second-order valence-corrected chi connectivity index (χ2v) is 3.98. The molecule has 0 aromatic rings. The third-order valence-electron chi connectivity index (χ3n) is 0. The standard InChI is InChI=1S/C2H8N2S/c1-5(2,3)4/h3-4H,1-2H3. The van der Waals surface area contributed by atoms with Gasteiger partial charge >= 0.3 is 0 Å². The summed E-state index contributed by atoms with van der Waals surface area (Å²) in [6.07, 6.45) is 3.21. The summed E-state index contributed by atoms with van der Waals surface area (Å²) in [5.41, 5.74) is 0. The lowest BCUT2D eigenvalue weighted by molar-refractivity contribution is 1.52. The van der Waals surface area contributed by atoms with Gasteiger partial charge in [-0.05, 0) is 0 Å². The molecule has 3 heteroatoms. The van der Waals surface area contributed by atoms with Crippen LogP contribution in [0, 0.1) is 9.56 Å². The fourth-order valence-corrected chi connectivity index (χ4v) is 0. The predicted octanol–water partition coefficient (Wildman–Crippen LogP) is 0.925. The maximum Gasteiger partial charge on any atom is 0.00118 e. The molecule has 0 radical (unpaired) electrons. The molecule has 0 aliphatic heterocycles. The molecule has 0 aliphatic rings. The number of hydrogen-bond donors (Lipinski definition) is 2. The Kier molecular flexibility index (Phi) is 0.961. The van der Waals surface area contributed by atoms with Crippen LogP contribution >= 0.6 is 0 Å². The van der Waals surface area contributed by atoms with Crippen LogP contribution in [0.15, 0.2) is 0 Å². The fraction of sp³-hybridized carbons (Fsp3) is 1.00. The van der Waals surface area contributed by atoms with Crippen LogP contribution in [-0.4, -0.2) is 12.5 Å². The van der Waals surface area contributed by atoms with Crippen molar-refractivity contribution in [1.82, 2.24) is 0 Å². The molecule has 32 valence electrons. The molecule has 2 N–H and O–H groups in total. The Bertz CT molecular complexity index is 90.8. The van der Waals surface area contributed by atoms with E-state index in [2.05, 4.69) is 0 Å². The van der Waals surface area contributed by atoms with Gasteiger partial charge in [0.15, 0.2) is 0 Å². The van der Waals surface area contributed by atoms with E-state index in [1.54, 1.807) is 12.5 Å². The number of rotatable bonds is 0. The van der Waals surface area contributed by atoms with Crippen LogP contribution < -0.4 is 0 Å². The number of nitrogens with one attached hydrogen (secondary N) is 2. The Morgan fingerprint density at radius 2 is 1.20 bits per heavy atom. The zero-order valence-electron chi connectivity index (χ0n) is 3.41. The smallest absolute Gasteiger partial charge is 0.00118 e. The van der Waals surface area contributed by atoms with Crippen LogP contribution in [0.3, 0.4) is 0 Å². The highest BCUT2D eigenvalue weighted by Gasteiger charge is 1.66. The van der Waals surface area contributed by atoms with Crippen molar-refractivity contribution >= 4 is 9.62 Å². The second kappa shape index (κ2) is 0.971. The van der Waals surface area contributed by atoms with Crippen molar-refractivity contribution in [3.8, 4) is 0 Å². The molecule has 0 aliphatic carbocycles. The zero-order valence-corrected chi connectivity index (χ0v) is 4.22. The highest BCUT2D eigenvalue weighted by Crippen LogP contribution is 1.68. The molecule has 0 saturated carbocycles. The molecule has 0 heterocycles. The molecular formula is C2H8N2S. The van der Waals surface area contributed by atoms with Crippen molar-refractivity contribution in [2.24, 2.45) is 0 Å². The van der Waals surface area contributed by atoms with E-state index in [0.717, 1.165) is 0 Å². The first-order valence-corrected chi connectivity index (χ1v) is 3.67. The van der Waals surface area contributed by atoms with E-state index in [1.165, 1.54) is 0 Å². The van der Waals surface area contributed by atoms with E-state index in [1.807, 2.05) is 0 Å². The molecule has 5 heavy (non-hydrogen) atoms. The van der Waals surface area contributed by atoms with Gasteiger partial charge < -0.3 is 0 Å². The normalized spacial score (nSPS) is 11.6. The molecule has 0 spiro atoms. The van der Waals surface area contributed by atoms with Crippen LogP contribution in [0.4, 0.5) is 0 Å². The minimum atomic E-state index is -1.67. The molecule has 0 aromatic carbocycles. The van der Waals surface area contributed by atoms with E-state index < -0.39 is 9.62 Å². The maximum absolute atomic E-state index is 6.69. The van der Waals surface area contributed by atoms with Crippen LogP contribution in [0.25, 0.3) is 0 Å². The predicted molar refractivity (Wildman–Crippen MR) is 24.7 cm³/mol. The maximum atomic E-state index is 6.69. The summed E-state index contributed by atoms with van der Waals surface area (Å²) in [7, 11) is -1.67. The Hall–Kier alpha value is -0.0500. The van der Waals surface area contributed by atoms with Gasteiger partial charge in [0, 0.05) is 12.5 Å². The van der Waals surface area contributed by atoms with E-state index in [9.17, 15) is 0 Å². The zero-order chi connectivity index (χ0) is 4.50. The average Bonchev–Trinajstić information content (AvgIpc) is 0.722. The van der Waals surface area contributed by atoms with Crippen LogP contribution in [0.5, 0.6) is 0 Å². The molecule has 0 bridgehead atoms. The van der Waals surface area contributed by atoms with Crippen molar-refractivity contribution in [3.63, 3.8) is 0 Å². The van der Waals surface area contributed by atoms with Crippen LogP contribution in [0.1, 0.15) is 0 Å². The summed E-state index contributed by atoms with van der Waals surface area (Å²) in [6.45, 7) is 0. The molecule has 0 unspecified atom stereocenters. The Morgan fingerprint density at radius 3 is 1.20 bits per heavy atom. The molecule has 0 fully saturated rings. The van der Waals surface area contributed by atoms with Crippen molar-refractivity contribution in [3.05, 3.63) is 0 Å². The van der Waals surface area contributed by atoms with Crippen LogP contribution in [0.2, 0.25) is 0 Å². The van der Waals surface area contributed by atoms with Gasteiger partial charge in [0.2, 0.25) is 0 Å². The Morgan fingerprint density at radius 1 is 1.20 bits per heavy atom. The summed E-state index contributed by atoms with van der Waals surface area (Å²) < 4.78 is 13.4. The van der Waals surface area contributed by atoms with E-state index in [-0.39, 0.29) is 0 Å². The second-order valence-electron chi connectivity index (χ2n) is 1.33. The quantitative estimate of drug-likeness (QED) is 0.446. The minimum Gasteiger partial charge on any atom is -0.271 e. The van der Waals surface area contributed by atoms with Gasteiger partial charge in [0.25, 0.3) is 0 Å². The van der Waals surface area contributed by atoms with Crippen molar-refractivity contribution < 1.29 is 0 Å². The molecule has 0 amide bonds. The average molecular weight is 92.2 g/mol. The lowest BCUT2D eigenvalue weighted by atomic mass is 11.9. The van der Waals surface area contributed by atoms with Crippen molar-refractivity contribution in [2.45, 2.75) is 0 Å². The largest absolute Gasteiger partial charge is 0.271 e. The lowest BCUT2D eigenvalue weighted by Crippen LogP contribution is -1.79. The van der Waals surface area contributed by atoms with Crippen molar-refractivity contribution in [1.29, 1.82) is 9.56 Å². The minimum absolute atomic E-state index is 1.60. The Balaban J connectivity index is 4.06.